The first-order valence-electron chi connectivity index (χ1n) is 7.57. The molecule has 0 atom stereocenters. The van der Waals surface area contributed by atoms with E-state index in [0.717, 1.165) is 17.5 Å². The summed E-state index contributed by atoms with van der Waals surface area (Å²) >= 11 is 0. The Morgan fingerprint density at radius 3 is 2.20 bits per heavy atom. The number of aromatic carboxylic acids is 1. The van der Waals surface area contributed by atoms with Crippen molar-refractivity contribution < 1.29 is 9.90 Å². The van der Waals surface area contributed by atoms with Gasteiger partial charge in [0.2, 0.25) is 5.56 Å². The molecule has 1 aromatic heterocycles. The number of hydrogen-bond donors (Lipinski definition) is 2. The molecule has 0 unspecified atom stereocenters. The molecule has 4 aliphatic carbocycles. The van der Waals surface area contributed by atoms with Gasteiger partial charge in [-0.05, 0) is 61.8 Å². The molecule has 5 rings (SSSR count). The summed E-state index contributed by atoms with van der Waals surface area (Å²) in [6.45, 7) is 0. The van der Waals surface area contributed by atoms with Gasteiger partial charge in [0.25, 0.3) is 0 Å². The molecule has 106 valence electrons. The number of carbonyl (C=O) groups is 1. The molecular formula is C16H19NO3. The van der Waals surface area contributed by atoms with Gasteiger partial charge in [-0.2, -0.15) is 0 Å². The average molecular weight is 273 g/mol. The van der Waals surface area contributed by atoms with Crippen molar-refractivity contribution in [2.75, 3.05) is 0 Å². The Labute approximate surface area is 117 Å². The molecule has 4 saturated carbocycles. The first kappa shape index (κ1) is 12.2. The second kappa shape index (κ2) is 4.21. The standard InChI is InChI=1S/C16H19NO3/c18-14-7-12(16(19)20)6-13(17-14)15-10-2-8-1-9(4-10)5-11(15)3-8/h6-11,15H,1-5H2,(H,17,18)(H,19,20). The highest BCUT2D eigenvalue weighted by Crippen LogP contribution is 2.59. The number of nitrogens with one attached hydrogen (secondary N) is 1. The van der Waals surface area contributed by atoms with Crippen LogP contribution in [0.2, 0.25) is 0 Å². The van der Waals surface area contributed by atoms with Gasteiger partial charge in [0.15, 0.2) is 0 Å². The maximum absolute atomic E-state index is 11.7. The molecule has 4 nitrogen and oxygen atoms in total. The third-order valence-electron chi connectivity index (χ3n) is 5.70. The van der Waals surface area contributed by atoms with E-state index in [-0.39, 0.29) is 11.1 Å². The van der Waals surface area contributed by atoms with E-state index >= 15 is 0 Å². The van der Waals surface area contributed by atoms with Gasteiger partial charge in [-0.15, -0.1) is 0 Å². The third kappa shape index (κ3) is 1.81. The lowest BCUT2D eigenvalue weighted by atomic mass is 9.51. The molecule has 0 aliphatic heterocycles. The fourth-order valence-electron chi connectivity index (χ4n) is 5.30. The van der Waals surface area contributed by atoms with Crippen LogP contribution in [0.15, 0.2) is 16.9 Å². The molecule has 1 aromatic rings. The van der Waals surface area contributed by atoms with Crippen LogP contribution >= 0.6 is 0 Å². The summed E-state index contributed by atoms with van der Waals surface area (Å²) < 4.78 is 0. The van der Waals surface area contributed by atoms with E-state index < -0.39 is 5.97 Å². The molecule has 1 heterocycles. The van der Waals surface area contributed by atoms with Crippen LogP contribution in [0.3, 0.4) is 0 Å². The monoisotopic (exact) mass is 273 g/mol. The molecule has 0 spiro atoms. The van der Waals surface area contributed by atoms with Crippen molar-refractivity contribution in [3.63, 3.8) is 0 Å². The first-order valence-corrected chi connectivity index (χ1v) is 7.57. The molecule has 4 fully saturated rings. The number of hydrogen-bond acceptors (Lipinski definition) is 2. The topological polar surface area (TPSA) is 70.2 Å². The van der Waals surface area contributed by atoms with Crippen molar-refractivity contribution in [3.8, 4) is 0 Å². The van der Waals surface area contributed by atoms with Crippen molar-refractivity contribution in [2.24, 2.45) is 23.7 Å². The van der Waals surface area contributed by atoms with E-state index in [1.54, 1.807) is 6.07 Å². The lowest BCUT2D eigenvalue weighted by Gasteiger charge is -2.54. The highest BCUT2D eigenvalue weighted by atomic mass is 16.4. The Balaban J connectivity index is 1.74. The molecular weight excluding hydrogens is 254 g/mol. The maximum Gasteiger partial charge on any atom is 0.335 e. The van der Waals surface area contributed by atoms with Crippen LogP contribution in [0.4, 0.5) is 0 Å². The van der Waals surface area contributed by atoms with Crippen LogP contribution in [0.25, 0.3) is 0 Å². The molecule has 0 saturated heterocycles. The summed E-state index contributed by atoms with van der Waals surface area (Å²) in [6, 6.07) is 2.87. The Morgan fingerprint density at radius 1 is 1.05 bits per heavy atom. The van der Waals surface area contributed by atoms with Crippen molar-refractivity contribution in [3.05, 3.63) is 33.7 Å². The zero-order chi connectivity index (χ0) is 13.9. The highest BCUT2D eigenvalue weighted by molar-refractivity contribution is 5.87. The van der Waals surface area contributed by atoms with Crippen LogP contribution in [0.5, 0.6) is 0 Å². The van der Waals surface area contributed by atoms with Gasteiger partial charge in [-0.25, -0.2) is 4.79 Å². The normalized spacial score (nSPS) is 38.1. The Bertz CT molecular complexity index is 590. The molecule has 2 N–H and O–H groups in total. The van der Waals surface area contributed by atoms with Gasteiger partial charge in [0.05, 0.1) is 5.56 Å². The van der Waals surface area contributed by atoms with Crippen molar-refractivity contribution in [1.82, 2.24) is 4.98 Å². The molecule has 0 radical (unpaired) electrons. The minimum Gasteiger partial charge on any atom is -0.478 e. The number of pyridine rings is 1. The van der Waals surface area contributed by atoms with Gasteiger partial charge in [0.1, 0.15) is 0 Å². The molecule has 4 heteroatoms. The molecule has 0 amide bonds. The summed E-state index contributed by atoms with van der Waals surface area (Å²) in [4.78, 5) is 25.8. The van der Waals surface area contributed by atoms with Crippen LogP contribution < -0.4 is 5.56 Å². The number of rotatable bonds is 2. The predicted octanol–water partition coefficient (Wildman–Crippen LogP) is 2.61. The SMILES string of the molecule is O=C(O)c1cc(C2C3CC4CC(C3)CC2C4)[nH]c(=O)c1. The Kier molecular flexibility index (Phi) is 2.56. The second-order valence-corrected chi connectivity index (χ2v) is 6.95. The zero-order valence-electron chi connectivity index (χ0n) is 11.3. The van der Waals surface area contributed by atoms with Gasteiger partial charge < -0.3 is 10.1 Å². The Hall–Kier alpha value is -1.58. The Morgan fingerprint density at radius 2 is 1.65 bits per heavy atom. The third-order valence-corrected chi connectivity index (χ3v) is 5.70. The average Bonchev–Trinajstić information content (AvgIpc) is 2.36. The largest absolute Gasteiger partial charge is 0.478 e. The highest BCUT2D eigenvalue weighted by Gasteiger charge is 2.48. The van der Waals surface area contributed by atoms with E-state index in [1.807, 2.05) is 0 Å². The van der Waals surface area contributed by atoms with Crippen molar-refractivity contribution in [2.45, 2.75) is 38.0 Å². The second-order valence-electron chi connectivity index (χ2n) is 6.95. The van der Waals surface area contributed by atoms with Crippen molar-refractivity contribution >= 4 is 5.97 Å². The summed E-state index contributed by atoms with van der Waals surface area (Å²) in [6.07, 6.45) is 6.44. The van der Waals surface area contributed by atoms with E-state index in [9.17, 15) is 9.59 Å². The minimum atomic E-state index is -1.01. The van der Waals surface area contributed by atoms with E-state index in [0.29, 0.717) is 17.8 Å². The smallest absolute Gasteiger partial charge is 0.335 e. The van der Waals surface area contributed by atoms with Crippen LogP contribution in [0, 0.1) is 23.7 Å². The summed E-state index contributed by atoms with van der Waals surface area (Å²) in [5, 5.41) is 9.13. The lowest BCUT2D eigenvalue weighted by Crippen LogP contribution is -2.44. The summed E-state index contributed by atoms with van der Waals surface area (Å²) in [5.41, 5.74) is 0.704. The van der Waals surface area contributed by atoms with Gasteiger partial charge >= 0.3 is 5.97 Å². The molecule has 4 bridgehead atoms. The van der Waals surface area contributed by atoms with E-state index in [4.69, 9.17) is 5.11 Å². The number of H-pyrrole nitrogens is 1. The fraction of sp³-hybridized carbons (Fsp3) is 0.625. The van der Waals surface area contributed by atoms with E-state index in [2.05, 4.69) is 4.98 Å². The minimum absolute atomic E-state index is 0.123. The van der Waals surface area contributed by atoms with Gasteiger partial charge in [0, 0.05) is 17.7 Å². The molecule has 20 heavy (non-hydrogen) atoms. The summed E-state index contributed by atoms with van der Waals surface area (Å²) in [7, 11) is 0. The van der Waals surface area contributed by atoms with E-state index in [1.165, 1.54) is 38.2 Å². The van der Waals surface area contributed by atoms with Gasteiger partial charge in [-0.3, -0.25) is 4.79 Å². The number of carboxylic acids is 1. The fourth-order valence-corrected chi connectivity index (χ4v) is 5.30. The summed E-state index contributed by atoms with van der Waals surface area (Å²) in [5.74, 6) is 2.40. The number of aromatic nitrogens is 1. The number of carboxylic acid groups (broad SMARTS) is 1. The van der Waals surface area contributed by atoms with Crippen LogP contribution in [0.1, 0.15) is 54.1 Å². The van der Waals surface area contributed by atoms with Gasteiger partial charge in [-0.1, -0.05) is 0 Å². The van der Waals surface area contributed by atoms with Crippen LogP contribution in [-0.2, 0) is 0 Å². The molecule has 4 aliphatic rings. The quantitative estimate of drug-likeness (QED) is 0.870. The molecule has 0 aromatic carbocycles. The predicted molar refractivity (Wildman–Crippen MR) is 73.8 cm³/mol. The zero-order valence-corrected chi connectivity index (χ0v) is 11.3. The van der Waals surface area contributed by atoms with Crippen LogP contribution in [-0.4, -0.2) is 16.1 Å². The maximum atomic E-state index is 11.7. The number of aromatic amines is 1. The lowest BCUT2D eigenvalue weighted by molar-refractivity contribution is -0.00426. The van der Waals surface area contributed by atoms with Crippen molar-refractivity contribution in [1.29, 1.82) is 0 Å². The first-order chi connectivity index (χ1) is 9.60.